The van der Waals surface area contributed by atoms with Crippen molar-refractivity contribution < 1.29 is 9.47 Å². The first-order valence-corrected chi connectivity index (χ1v) is 13.0. The number of benzene rings is 1. The van der Waals surface area contributed by atoms with Crippen molar-refractivity contribution in [3.05, 3.63) is 35.4 Å². The van der Waals surface area contributed by atoms with Gasteiger partial charge in [-0.2, -0.15) is 0 Å². The summed E-state index contributed by atoms with van der Waals surface area (Å²) >= 11 is 0. The maximum Gasteiger partial charge on any atom is 0.125 e. The lowest BCUT2D eigenvalue weighted by Crippen LogP contribution is -2.30. The standard InChI is InChI=1S/C30H52O2/c1-11-30(9,32-28-21-25(6)29(31-10)27(8)26(28)7)20-14-19-24(5)18-13-17-23(4)16-12-15-22(2)3/h11,21-24H,1,12-20H2,2-10H3/t23-,24-,30+/m1/s1. The van der Waals surface area contributed by atoms with Crippen LogP contribution in [0.2, 0.25) is 0 Å². The van der Waals surface area contributed by atoms with Gasteiger partial charge in [-0.1, -0.05) is 79.2 Å². The first-order valence-electron chi connectivity index (χ1n) is 13.0. The molecule has 0 heterocycles. The predicted octanol–water partition coefficient (Wildman–Crippen LogP) is 9.38. The highest BCUT2D eigenvalue weighted by atomic mass is 16.5. The molecule has 0 spiro atoms. The fraction of sp³-hybridized carbons (Fsp3) is 0.733. The number of rotatable bonds is 16. The highest BCUT2D eigenvalue weighted by Gasteiger charge is 2.24. The Morgan fingerprint density at radius 2 is 1.41 bits per heavy atom. The largest absolute Gasteiger partial charge is 0.496 e. The van der Waals surface area contributed by atoms with E-state index in [1.54, 1.807) is 7.11 Å². The molecule has 0 N–H and O–H groups in total. The van der Waals surface area contributed by atoms with Crippen LogP contribution in [0.5, 0.6) is 11.5 Å². The third-order valence-corrected chi connectivity index (χ3v) is 7.20. The summed E-state index contributed by atoms with van der Waals surface area (Å²) in [6.07, 6.45) is 13.6. The molecule has 2 nitrogen and oxygen atoms in total. The van der Waals surface area contributed by atoms with E-state index < -0.39 is 0 Å². The minimum absolute atomic E-state index is 0.344. The summed E-state index contributed by atoms with van der Waals surface area (Å²) in [5, 5.41) is 0. The van der Waals surface area contributed by atoms with Crippen LogP contribution in [-0.4, -0.2) is 12.7 Å². The summed E-state index contributed by atoms with van der Waals surface area (Å²) in [7, 11) is 1.73. The molecule has 0 bridgehead atoms. The molecule has 0 saturated carbocycles. The minimum Gasteiger partial charge on any atom is -0.496 e. The van der Waals surface area contributed by atoms with Gasteiger partial charge in [0.05, 0.1) is 7.11 Å². The van der Waals surface area contributed by atoms with Crippen LogP contribution in [0, 0.1) is 38.5 Å². The Bertz CT molecular complexity index is 691. The highest BCUT2D eigenvalue weighted by molar-refractivity contribution is 5.52. The highest BCUT2D eigenvalue weighted by Crippen LogP contribution is 2.36. The summed E-state index contributed by atoms with van der Waals surface area (Å²) < 4.78 is 12.1. The smallest absolute Gasteiger partial charge is 0.125 e. The van der Waals surface area contributed by atoms with Crippen LogP contribution in [-0.2, 0) is 0 Å². The average Bonchev–Trinajstić information content (AvgIpc) is 2.72. The predicted molar refractivity (Wildman–Crippen MR) is 141 cm³/mol. The van der Waals surface area contributed by atoms with Gasteiger partial charge < -0.3 is 9.47 Å². The Balaban J connectivity index is 2.47. The van der Waals surface area contributed by atoms with Gasteiger partial charge in [-0.25, -0.2) is 0 Å². The molecule has 184 valence electrons. The van der Waals surface area contributed by atoms with Crippen molar-refractivity contribution >= 4 is 0 Å². The molecule has 1 rings (SSSR count). The molecule has 32 heavy (non-hydrogen) atoms. The fourth-order valence-corrected chi connectivity index (χ4v) is 4.67. The summed E-state index contributed by atoms with van der Waals surface area (Å²) in [5.41, 5.74) is 3.07. The van der Waals surface area contributed by atoms with Crippen molar-refractivity contribution in [3.63, 3.8) is 0 Å². The van der Waals surface area contributed by atoms with Crippen LogP contribution >= 0.6 is 0 Å². The molecule has 0 unspecified atom stereocenters. The maximum atomic E-state index is 6.52. The van der Waals surface area contributed by atoms with Gasteiger partial charge >= 0.3 is 0 Å². The van der Waals surface area contributed by atoms with Crippen molar-refractivity contribution in [2.24, 2.45) is 17.8 Å². The van der Waals surface area contributed by atoms with Crippen molar-refractivity contribution in [1.82, 2.24) is 0 Å². The lowest BCUT2D eigenvalue weighted by molar-refractivity contribution is 0.124. The van der Waals surface area contributed by atoms with E-state index in [0.717, 1.165) is 52.4 Å². The van der Waals surface area contributed by atoms with E-state index in [9.17, 15) is 0 Å². The monoisotopic (exact) mass is 444 g/mol. The van der Waals surface area contributed by atoms with Crippen LogP contribution in [0.1, 0.15) is 109 Å². The van der Waals surface area contributed by atoms with E-state index in [0.29, 0.717) is 0 Å². The fourth-order valence-electron chi connectivity index (χ4n) is 4.67. The van der Waals surface area contributed by atoms with Gasteiger partial charge in [0.25, 0.3) is 0 Å². The van der Waals surface area contributed by atoms with Gasteiger partial charge in [-0.05, 0) is 87.1 Å². The SMILES string of the molecule is C=C[C@@](C)(CCC[C@H](C)CCC[C@H](C)CCCC(C)C)Oc1cc(C)c(OC)c(C)c1C. The first kappa shape index (κ1) is 28.6. The molecular weight excluding hydrogens is 392 g/mol. The third kappa shape index (κ3) is 9.59. The van der Waals surface area contributed by atoms with Gasteiger partial charge in [0.1, 0.15) is 17.1 Å². The zero-order valence-electron chi connectivity index (χ0n) is 22.8. The van der Waals surface area contributed by atoms with Gasteiger partial charge in [0.2, 0.25) is 0 Å². The Labute approximate surface area is 200 Å². The van der Waals surface area contributed by atoms with Crippen LogP contribution in [0.4, 0.5) is 0 Å². The zero-order valence-corrected chi connectivity index (χ0v) is 22.8. The van der Waals surface area contributed by atoms with E-state index in [-0.39, 0.29) is 5.60 Å². The summed E-state index contributed by atoms with van der Waals surface area (Å²) in [6, 6.07) is 2.11. The second-order valence-corrected chi connectivity index (χ2v) is 11.0. The Kier molecular flexibility index (Phi) is 12.5. The van der Waals surface area contributed by atoms with E-state index in [2.05, 4.69) is 68.0 Å². The van der Waals surface area contributed by atoms with Gasteiger partial charge in [-0.3, -0.25) is 0 Å². The quantitative estimate of drug-likeness (QED) is 0.236. The Hall–Kier alpha value is -1.44. The molecule has 0 radical (unpaired) electrons. The average molecular weight is 445 g/mol. The van der Waals surface area contributed by atoms with Crippen LogP contribution in [0.15, 0.2) is 18.7 Å². The van der Waals surface area contributed by atoms with E-state index in [1.807, 2.05) is 6.08 Å². The second-order valence-electron chi connectivity index (χ2n) is 11.0. The van der Waals surface area contributed by atoms with E-state index in [4.69, 9.17) is 9.47 Å². The molecule has 2 heteroatoms. The van der Waals surface area contributed by atoms with Crippen LogP contribution in [0.25, 0.3) is 0 Å². The van der Waals surface area contributed by atoms with E-state index >= 15 is 0 Å². The van der Waals surface area contributed by atoms with Crippen LogP contribution < -0.4 is 9.47 Å². The van der Waals surface area contributed by atoms with Crippen molar-refractivity contribution in [2.45, 2.75) is 119 Å². The van der Waals surface area contributed by atoms with E-state index in [1.165, 1.54) is 51.4 Å². The first-order chi connectivity index (χ1) is 15.0. The Morgan fingerprint density at radius 3 is 1.91 bits per heavy atom. The topological polar surface area (TPSA) is 18.5 Å². The number of hydrogen-bond acceptors (Lipinski definition) is 2. The molecule has 1 aromatic carbocycles. The maximum absolute atomic E-state index is 6.52. The summed E-state index contributed by atoms with van der Waals surface area (Å²) in [6.45, 7) is 22.1. The lowest BCUT2D eigenvalue weighted by atomic mass is 9.90. The van der Waals surface area contributed by atoms with Crippen molar-refractivity contribution in [3.8, 4) is 11.5 Å². The van der Waals surface area contributed by atoms with Gasteiger partial charge in [0, 0.05) is 0 Å². The third-order valence-electron chi connectivity index (χ3n) is 7.20. The molecule has 1 aromatic rings. The van der Waals surface area contributed by atoms with Crippen molar-refractivity contribution in [1.29, 1.82) is 0 Å². The molecule has 3 atom stereocenters. The molecule has 0 amide bonds. The number of ether oxygens (including phenoxy) is 2. The lowest BCUT2D eigenvalue weighted by Gasteiger charge is -2.30. The number of methoxy groups -OCH3 is 1. The molecule has 0 fully saturated rings. The molecule has 0 aromatic heterocycles. The second kappa shape index (κ2) is 14.0. The molecule has 0 saturated heterocycles. The molecule has 0 aliphatic heterocycles. The van der Waals surface area contributed by atoms with Gasteiger partial charge in [0.15, 0.2) is 0 Å². The number of hydrogen-bond donors (Lipinski definition) is 0. The molecular formula is C30H52O2. The number of aryl methyl sites for hydroxylation is 1. The molecule has 0 aliphatic rings. The summed E-state index contributed by atoms with van der Waals surface area (Å²) in [5.74, 6) is 4.40. The zero-order chi connectivity index (χ0) is 24.3. The van der Waals surface area contributed by atoms with Crippen LogP contribution in [0.3, 0.4) is 0 Å². The summed E-state index contributed by atoms with van der Waals surface area (Å²) in [4.78, 5) is 0. The van der Waals surface area contributed by atoms with Gasteiger partial charge in [-0.15, -0.1) is 0 Å². The Morgan fingerprint density at radius 1 is 0.875 bits per heavy atom. The molecule has 0 aliphatic carbocycles. The van der Waals surface area contributed by atoms with Crippen molar-refractivity contribution in [2.75, 3.05) is 7.11 Å². The minimum atomic E-state index is -0.344. The normalized spacial score (nSPS) is 15.3.